The molecule has 0 fully saturated rings. The summed E-state index contributed by atoms with van der Waals surface area (Å²) in [5.74, 6) is 4.01. The van der Waals surface area contributed by atoms with E-state index in [1.807, 2.05) is 0 Å². The smallest absolute Gasteiger partial charge is 0.417 e. The summed E-state index contributed by atoms with van der Waals surface area (Å²) in [4.78, 5) is 28.8. The Labute approximate surface area is 211 Å². The molecule has 0 radical (unpaired) electrons. The lowest BCUT2D eigenvalue weighted by molar-refractivity contribution is -0.137. The molecule has 0 bridgehead atoms. The number of rotatable bonds is 6. The molecule has 0 aliphatic carbocycles. The molecule has 3 rings (SSSR count). The number of Topliss-reactive ketones (excluding diaryl/α,β-unsaturated/α-hetero) is 2. The zero-order chi connectivity index (χ0) is 25.8. The molecule has 0 amide bonds. The minimum absolute atomic E-state index is 0. The number of hydrogen-bond donors (Lipinski definition) is 3. The quantitative estimate of drug-likeness (QED) is 0.187. The third-order valence-corrected chi connectivity index (χ3v) is 4.88. The van der Waals surface area contributed by atoms with Crippen LogP contribution >= 0.6 is 12.4 Å². The van der Waals surface area contributed by atoms with E-state index in [4.69, 9.17) is 11.1 Å². The number of hydrogen-bond acceptors (Lipinski definition) is 5. The largest absolute Gasteiger partial charge is 0.506 e. The van der Waals surface area contributed by atoms with Crippen LogP contribution in [0.5, 0.6) is 5.75 Å². The number of carbonyl (C=O) groups excluding carboxylic acids is 2. The Hall–Kier alpha value is -4.16. The molecule has 2 aromatic carbocycles. The number of pyridine rings is 1. The van der Waals surface area contributed by atoms with Crippen LogP contribution in [0.4, 0.5) is 13.2 Å². The first-order valence-electron chi connectivity index (χ1n) is 10.3. The highest BCUT2D eigenvalue weighted by atomic mass is 35.5. The molecule has 36 heavy (non-hydrogen) atoms. The van der Waals surface area contributed by atoms with Gasteiger partial charge in [0.15, 0.2) is 11.6 Å². The number of carbonyl (C=O) groups is 2. The number of alkyl halides is 3. The van der Waals surface area contributed by atoms with Gasteiger partial charge in [-0.05, 0) is 61.0 Å². The Morgan fingerprint density at radius 1 is 1.03 bits per heavy atom. The average molecular weight is 516 g/mol. The topological polar surface area (TPSA) is 117 Å². The molecule has 1 heterocycles. The van der Waals surface area contributed by atoms with Crippen molar-refractivity contribution in [3.8, 4) is 17.6 Å². The second kappa shape index (κ2) is 11.5. The van der Waals surface area contributed by atoms with Crippen LogP contribution in [0.2, 0.25) is 0 Å². The van der Waals surface area contributed by atoms with Gasteiger partial charge < -0.3 is 10.8 Å². The highest BCUT2D eigenvalue weighted by Gasteiger charge is 2.35. The number of halogens is 4. The zero-order valence-corrected chi connectivity index (χ0v) is 19.8. The lowest BCUT2D eigenvalue weighted by atomic mass is 9.97. The molecule has 4 N–H and O–H groups in total. The monoisotopic (exact) mass is 515 g/mol. The van der Waals surface area contributed by atoms with E-state index >= 15 is 0 Å². The van der Waals surface area contributed by atoms with E-state index in [1.165, 1.54) is 24.3 Å². The summed E-state index contributed by atoms with van der Waals surface area (Å²) in [5, 5.41) is 16.6. The van der Waals surface area contributed by atoms with Crippen LogP contribution < -0.4 is 5.73 Å². The summed E-state index contributed by atoms with van der Waals surface area (Å²) in [6.45, 7) is 1.75. The number of ketones is 2. The average Bonchev–Trinajstić information content (AvgIpc) is 2.77. The van der Waals surface area contributed by atoms with E-state index in [0.29, 0.717) is 11.1 Å². The van der Waals surface area contributed by atoms with Gasteiger partial charge in [-0.25, -0.2) is 0 Å². The van der Waals surface area contributed by atoms with Gasteiger partial charge in [-0.3, -0.25) is 20.0 Å². The van der Waals surface area contributed by atoms with Gasteiger partial charge in [-0.1, -0.05) is 11.8 Å². The van der Waals surface area contributed by atoms with Gasteiger partial charge in [-0.2, -0.15) is 13.2 Å². The fourth-order valence-corrected chi connectivity index (χ4v) is 3.32. The Morgan fingerprint density at radius 3 is 2.33 bits per heavy atom. The minimum Gasteiger partial charge on any atom is -0.506 e. The van der Waals surface area contributed by atoms with Crippen LogP contribution in [0.15, 0.2) is 54.7 Å². The van der Waals surface area contributed by atoms with Crippen LogP contribution in [0.25, 0.3) is 0 Å². The molecule has 0 aliphatic heterocycles. The Bertz CT molecular complexity index is 1380. The number of benzene rings is 2. The van der Waals surface area contributed by atoms with E-state index in [1.54, 1.807) is 19.1 Å². The summed E-state index contributed by atoms with van der Waals surface area (Å²) in [5.41, 5.74) is 5.54. The predicted octanol–water partition coefficient (Wildman–Crippen LogP) is 4.87. The molecule has 0 unspecified atom stereocenters. The van der Waals surface area contributed by atoms with Crippen molar-refractivity contribution in [3.63, 3.8) is 0 Å². The van der Waals surface area contributed by atoms with Gasteiger partial charge in [0.1, 0.15) is 5.75 Å². The summed E-state index contributed by atoms with van der Waals surface area (Å²) in [6.07, 6.45) is -4.27. The van der Waals surface area contributed by atoms with E-state index in [-0.39, 0.29) is 53.9 Å². The molecule has 0 atom stereocenters. The summed E-state index contributed by atoms with van der Waals surface area (Å²) in [7, 11) is 0. The third-order valence-electron chi connectivity index (χ3n) is 4.88. The van der Waals surface area contributed by atoms with Crippen molar-refractivity contribution < 1.29 is 27.9 Å². The van der Waals surface area contributed by atoms with Crippen LogP contribution in [0, 0.1) is 24.2 Å². The molecular formula is C26H21ClF3N3O3. The first kappa shape index (κ1) is 28.1. The lowest BCUT2D eigenvalue weighted by Crippen LogP contribution is -2.15. The fraction of sp³-hybridized carbons (Fsp3) is 0.154. The van der Waals surface area contributed by atoms with Crippen molar-refractivity contribution in [2.24, 2.45) is 5.73 Å². The van der Waals surface area contributed by atoms with Crippen molar-refractivity contribution in [3.05, 3.63) is 93.8 Å². The lowest BCUT2D eigenvalue weighted by Gasteiger charge is -2.12. The molecule has 0 saturated carbocycles. The summed E-state index contributed by atoms with van der Waals surface area (Å²) >= 11 is 0. The maximum absolute atomic E-state index is 13.5. The van der Waals surface area contributed by atoms with E-state index in [2.05, 4.69) is 16.8 Å². The first-order chi connectivity index (χ1) is 16.4. The standard InChI is InChI=1S/C26H20F3N3O3.ClH/c1-15-8-17(10-18(9-15)23(34)13-25(30)31)3-2-16-4-7-22(26(27,28)29)21(11-16)24(35)12-19-5-6-20(33)14-32-19;/h4-11,14,33H,12-13H2,1H3,(H3,30,31);1H. The Morgan fingerprint density at radius 2 is 1.72 bits per heavy atom. The molecule has 1 aromatic heterocycles. The number of nitrogens with two attached hydrogens (primary N) is 1. The van der Waals surface area contributed by atoms with E-state index in [0.717, 1.165) is 23.9 Å². The Kier molecular flexibility index (Phi) is 8.98. The van der Waals surface area contributed by atoms with Gasteiger partial charge in [0.25, 0.3) is 0 Å². The fourth-order valence-electron chi connectivity index (χ4n) is 3.32. The van der Waals surface area contributed by atoms with Gasteiger partial charge in [0.2, 0.25) is 0 Å². The van der Waals surface area contributed by atoms with Crippen LogP contribution in [0.1, 0.15) is 55.1 Å². The number of aromatic hydroxyl groups is 1. The highest BCUT2D eigenvalue weighted by Crippen LogP contribution is 2.33. The summed E-state index contributed by atoms with van der Waals surface area (Å²) in [6, 6.07) is 10.5. The second-order valence-electron chi connectivity index (χ2n) is 7.83. The Balaban J connectivity index is 0.00000456. The van der Waals surface area contributed by atoms with Crippen molar-refractivity contribution >= 4 is 29.8 Å². The second-order valence-corrected chi connectivity index (χ2v) is 7.83. The normalized spacial score (nSPS) is 10.6. The van der Waals surface area contributed by atoms with Gasteiger partial charge in [0.05, 0.1) is 30.4 Å². The molecule has 10 heteroatoms. The minimum atomic E-state index is -4.75. The van der Waals surface area contributed by atoms with E-state index < -0.39 is 23.1 Å². The zero-order valence-electron chi connectivity index (χ0n) is 18.9. The molecule has 3 aromatic rings. The van der Waals surface area contributed by atoms with Gasteiger partial charge in [-0.15, -0.1) is 12.4 Å². The maximum Gasteiger partial charge on any atom is 0.417 e. The highest BCUT2D eigenvalue weighted by molar-refractivity contribution is 6.08. The predicted molar refractivity (Wildman–Crippen MR) is 131 cm³/mol. The van der Waals surface area contributed by atoms with E-state index in [9.17, 15) is 27.9 Å². The van der Waals surface area contributed by atoms with Crippen molar-refractivity contribution in [1.29, 1.82) is 5.41 Å². The SMILES string of the molecule is Cc1cc(C#Cc2ccc(C(F)(F)F)c(C(=O)Cc3ccc(O)cn3)c2)cc(C(=O)CC(=N)N)c1.Cl. The molecular weight excluding hydrogens is 495 g/mol. The van der Waals surface area contributed by atoms with Gasteiger partial charge >= 0.3 is 6.18 Å². The molecule has 0 saturated heterocycles. The van der Waals surface area contributed by atoms with Crippen molar-refractivity contribution in [2.45, 2.75) is 25.9 Å². The number of nitrogens with zero attached hydrogens (tertiary/aromatic N) is 1. The number of aryl methyl sites for hydroxylation is 1. The molecule has 6 nitrogen and oxygen atoms in total. The number of amidine groups is 1. The number of nitrogens with one attached hydrogen (secondary N) is 1. The maximum atomic E-state index is 13.5. The van der Waals surface area contributed by atoms with Crippen LogP contribution in [-0.2, 0) is 12.6 Å². The summed E-state index contributed by atoms with van der Waals surface area (Å²) < 4.78 is 40.6. The van der Waals surface area contributed by atoms with Crippen LogP contribution in [0.3, 0.4) is 0 Å². The number of aromatic nitrogens is 1. The molecule has 0 aliphatic rings. The third kappa shape index (κ3) is 7.42. The van der Waals surface area contributed by atoms with Gasteiger partial charge in [0, 0.05) is 27.9 Å². The molecule has 0 spiro atoms. The van der Waals surface area contributed by atoms with Crippen molar-refractivity contribution in [1.82, 2.24) is 4.98 Å². The van der Waals surface area contributed by atoms with Crippen LogP contribution in [-0.4, -0.2) is 27.5 Å². The first-order valence-corrected chi connectivity index (χ1v) is 10.3. The van der Waals surface area contributed by atoms with Crippen molar-refractivity contribution in [2.75, 3.05) is 0 Å². The molecule has 186 valence electrons.